The molecule has 1 N–H and O–H groups in total. The van der Waals surface area contributed by atoms with Crippen LogP contribution < -0.4 is 0 Å². The summed E-state index contributed by atoms with van der Waals surface area (Å²) in [5.41, 5.74) is 1.02. The molecule has 0 saturated heterocycles. The maximum atomic E-state index is 10.3. The largest absolute Gasteiger partial charge is 0.388 e. The number of aliphatic hydroxyl groups is 1. The molecule has 0 bridgehead atoms. The molecular weight excluding hydrogens is 314 g/mol. The summed E-state index contributed by atoms with van der Waals surface area (Å²) in [5.74, 6) is 0. The number of rotatable bonds is 6. The van der Waals surface area contributed by atoms with Crippen LogP contribution in [0.15, 0.2) is 28.7 Å². The van der Waals surface area contributed by atoms with Crippen molar-refractivity contribution in [3.05, 3.63) is 34.3 Å². The van der Waals surface area contributed by atoms with Crippen LogP contribution in [0.5, 0.6) is 0 Å². The van der Waals surface area contributed by atoms with E-state index in [0.717, 1.165) is 35.6 Å². The van der Waals surface area contributed by atoms with Crippen molar-refractivity contribution in [3.8, 4) is 0 Å². The van der Waals surface area contributed by atoms with Crippen LogP contribution in [0, 0.1) is 0 Å². The Hall–Kier alpha value is -0.380. The van der Waals surface area contributed by atoms with Crippen molar-refractivity contribution < 1.29 is 5.11 Å². The lowest BCUT2D eigenvalue weighted by Crippen LogP contribution is -2.37. The molecule has 0 radical (unpaired) electrons. The molecule has 0 aliphatic heterocycles. The molecular formula is C17H26BrNO. The van der Waals surface area contributed by atoms with Gasteiger partial charge in [-0.1, -0.05) is 54.2 Å². The number of hydrogen-bond acceptors (Lipinski definition) is 2. The lowest BCUT2D eigenvalue weighted by atomic mass is 9.94. The van der Waals surface area contributed by atoms with Crippen LogP contribution in [0.25, 0.3) is 0 Å². The monoisotopic (exact) mass is 339 g/mol. The second kappa shape index (κ2) is 8.16. The summed E-state index contributed by atoms with van der Waals surface area (Å²) in [6.45, 7) is 4.33. The fourth-order valence-corrected chi connectivity index (χ4v) is 3.45. The molecule has 2 nitrogen and oxygen atoms in total. The van der Waals surface area contributed by atoms with E-state index in [9.17, 15) is 5.11 Å². The van der Waals surface area contributed by atoms with Crippen molar-refractivity contribution in [2.45, 2.75) is 57.6 Å². The minimum atomic E-state index is -0.347. The van der Waals surface area contributed by atoms with Gasteiger partial charge in [-0.25, -0.2) is 0 Å². The van der Waals surface area contributed by atoms with Crippen LogP contribution in [0.4, 0.5) is 0 Å². The van der Waals surface area contributed by atoms with Gasteiger partial charge in [0, 0.05) is 17.1 Å². The number of halogens is 1. The van der Waals surface area contributed by atoms with E-state index in [1.807, 2.05) is 24.3 Å². The average Bonchev–Trinajstić information content (AvgIpc) is 2.49. The zero-order valence-corrected chi connectivity index (χ0v) is 14.0. The first kappa shape index (κ1) is 16.0. The molecule has 0 aromatic heterocycles. The minimum Gasteiger partial charge on any atom is -0.388 e. The fraction of sp³-hybridized carbons (Fsp3) is 0.647. The normalized spacial score (nSPS) is 18.4. The van der Waals surface area contributed by atoms with Gasteiger partial charge in [-0.05, 0) is 43.5 Å². The van der Waals surface area contributed by atoms with Crippen molar-refractivity contribution in [1.82, 2.24) is 4.90 Å². The number of hydrogen-bond donors (Lipinski definition) is 1. The van der Waals surface area contributed by atoms with E-state index in [0.29, 0.717) is 0 Å². The fourth-order valence-electron chi connectivity index (χ4n) is 3.18. The van der Waals surface area contributed by atoms with Crippen molar-refractivity contribution in [1.29, 1.82) is 0 Å². The molecule has 1 aliphatic carbocycles. The number of aliphatic hydroxyl groups excluding tert-OH is 1. The molecule has 0 heterocycles. The Morgan fingerprint density at radius 1 is 1.20 bits per heavy atom. The zero-order valence-electron chi connectivity index (χ0n) is 12.4. The van der Waals surface area contributed by atoms with E-state index in [1.165, 1.54) is 32.1 Å². The van der Waals surface area contributed by atoms with Crippen LogP contribution in [-0.4, -0.2) is 29.1 Å². The van der Waals surface area contributed by atoms with Gasteiger partial charge in [0.15, 0.2) is 0 Å². The average molecular weight is 340 g/mol. The molecule has 0 spiro atoms. The van der Waals surface area contributed by atoms with Gasteiger partial charge in [-0.2, -0.15) is 0 Å². The third-order valence-electron chi connectivity index (χ3n) is 4.44. The number of nitrogens with zero attached hydrogens (tertiary/aromatic N) is 1. The summed E-state index contributed by atoms with van der Waals surface area (Å²) in [6, 6.07) is 8.75. The molecule has 1 unspecified atom stereocenters. The van der Waals surface area contributed by atoms with Gasteiger partial charge in [-0.3, -0.25) is 0 Å². The summed E-state index contributed by atoms with van der Waals surface area (Å²) < 4.78 is 1.06. The Morgan fingerprint density at radius 2 is 1.85 bits per heavy atom. The summed E-state index contributed by atoms with van der Waals surface area (Å²) in [5, 5.41) is 10.3. The highest BCUT2D eigenvalue weighted by molar-refractivity contribution is 9.10. The van der Waals surface area contributed by atoms with Crippen LogP contribution >= 0.6 is 15.9 Å². The predicted molar refractivity (Wildman–Crippen MR) is 87.8 cm³/mol. The first-order valence-electron chi connectivity index (χ1n) is 7.88. The molecule has 1 fully saturated rings. The SMILES string of the molecule is CCN(CCC(O)c1ccc(Br)cc1)C1CCCCC1. The highest BCUT2D eigenvalue weighted by atomic mass is 79.9. The van der Waals surface area contributed by atoms with Gasteiger partial charge >= 0.3 is 0 Å². The molecule has 112 valence electrons. The standard InChI is InChI=1S/C17H26BrNO/c1-2-19(16-6-4-3-5-7-16)13-12-17(20)14-8-10-15(18)11-9-14/h8-11,16-17,20H,2-7,12-13H2,1H3. The van der Waals surface area contributed by atoms with Crippen molar-refractivity contribution in [2.75, 3.05) is 13.1 Å². The van der Waals surface area contributed by atoms with Gasteiger partial charge in [0.1, 0.15) is 0 Å². The van der Waals surface area contributed by atoms with E-state index >= 15 is 0 Å². The predicted octanol–water partition coefficient (Wildman–Crippen LogP) is 4.53. The smallest absolute Gasteiger partial charge is 0.0802 e. The van der Waals surface area contributed by atoms with E-state index < -0.39 is 0 Å². The molecule has 1 aromatic carbocycles. The maximum Gasteiger partial charge on any atom is 0.0802 e. The van der Waals surface area contributed by atoms with Gasteiger partial charge < -0.3 is 10.0 Å². The second-order valence-corrected chi connectivity index (χ2v) is 6.69. The van der Waals surface area contributed by atoms with Crippen LogP contribution in [0.3, 0.4) is 0 Å². The van der Waals surface area contributed by atoms with E-state index in [2.05, 4.69) is 27.8 Å². The third-order valence-corrected chi connectivity index (χ3v) is 4.97. The molecule has 20 heavy (non-hydrogen) atoms. The second-order valence-electron chi connectivity index (χ2n) is 5.78. The van der Waals surface area contributed by atoms with Gasteiger partial charge in [0.2, 0.25) is 0 Å². The maximum absolute atomic E-state index is 10.3. The van der Waals surface area contributed by atoms with E-state index in [4.69, 9.17) is 0 Å². The quantitative estimate of drug-likeness (QED) is 0.823. The Balaban J connectivity index is 1.84. The Labute approximate surface area is 131 Å². The topological polar surface area (TPSA) is 23.5 Å². The summed E-state index contributed by atoms with van der Waals surface area (Å²) in [4.78, 5) is 2.56. The van der Waals surface area contributed by atoms with E-state index in [1.54, 1.807) is 0 Å². The zero-order chi connectivity index (χ0) is 14.4. The molecule has 2 rings (SSSR count). The molecule has 3 heteroatoms. The summed E-state index contributed by atoms with van der Waals surface area (Å²) in [6.07, 6.45) is 7.29. The molecule has 1 saturated carbocycles. The summed E-state index contributed by atoms with van der Waals surface area (Å²) >= 11 is 3.43. The van der Waals surface area contributed by atoms with Crippen LogP contribution in [-0.2, 0) is 0 Å². The van der Waals surface area contributed by atoms with Gasteiger partial charge in [0.25, 0.3) is 0 Å². The van der Waals surface area contributed by atoms with Crippen LogP contribution in [0.1, 0.15) is 57.1 Å². The Morgan fingerprint density at radius 3 is 2.45 bits per heavy atom. The highest BCUT2D eigenvalue weighted by Crippen LogP contribution is 2.24. The van der Waals surface area contributed by atoms with E-state index in [-0.39, 0.29) is 6.10 Å². The van der Waals surface area contributed by atoms with Gasteiger partial charge in [0.05, 0.1) is 6.10 Å². The third kappa shape index (κ3) is 4.57. The highest BCUT2D eigenvalue weighted by Gasteiger charge is 2.20. The minimum absolute atomic E-state index is 0.347. The van der Waals surface area contributed by atoms with Crippen molar-refractivity contribution in [2.24, 2.45) is 0 Å². The lowest BCUT2D eigenvalue weighted by Gasteiger charge is -2.34. The first-order valence-corrected chi connectivity index (χ1v) is 8.67. The Bertz CT molecular complexity index is 386. The number of benzene rings is 1. The molecule has 1 aromatic rings. The van der Waals surface area contributed by atoms with Gasteiger partial charge in [-0.15, -0.1) is 0 Å². The Kier molecular flexibility index (Phi) is 6.53. The van der Waals surface area contributed by atoms with Crippen molar-refractivity contribution in [3.63, 3.8) is 0 Å². The van der Waals surface area contributed by atoms with Crippen molar-refractivity contribution >= 4 is 15.9 Å². The summed E-state index contributed by atoms with van der Waals surface area (Å²) in [7, 11) is 0. The first-order chi connectivity index (χ1) is 9.70. The lowest BCUT2D eigenvalue weighted by molar-refractivity contribution is 0.112. The molecule has 0 amide bonds. The molecule has 1 aliphatic rings. The molecule has 1 atom stereocenters. The van der Waals surface area contributed by atoms with Crippen LogP contribution in [0.2, 0.25) is 0 Å².